The van der Waals surface area contributed by atoms with Gasteiger partial charge in [-0.1, -0.05) is 88.7 Å². The summed E-state index contributed by atoms with van der Waals surface area (Å²) in [5, 5.41) is 2.47. The van der Waals surface area contributed by atoms with Gasteiger partial charge in [0.25, 0.3) is 0 Å². The summed E-state index contributed by atoms with van der Waals surface area (Å²) in [6.07, 6.45) is 0. The molecular formula is C30H21BrO. The maximum atomic E-state index is 5.69. The highest BCUT2D eigenvalue weighted by molar-refractivity contribution is 9.10. The van der Waals surface area contributed by atoms with Crippen molar-refractivity contribution in [1.82, 2.24) is 0 Å². The molecule has 0 bridgehead atoms. The Morgan fingerprint density at radius 1 is 0.594 bits per heavy atom. The Labute approximate surface area is 196 Å². The molecule has 0 spiro atoms. The third-order valence-electron chi connectivity index (χ3n) is 6.68. The molecule has 0 unspecified atom stereocenters. The zero-order chi connectivity index (χ0) is 21.7. The van der Waals surface area contributed by atoms with Crippen molar-refractivity contribution in [2.75, 3.05) is 7.11 Å². The zero-order valence-corrected chi connectivity index (χ0v) is 19.3. The molecule has 2 heteroatoms. The minimum Gasteiger partial charge on any atom is -0.497 e. The highest BCUT2D eigenvalue weighted by Crippen LogP contribution is 2.57. The molecule has 32 heavy (non-hydrogen) atoms. The quantitative estimate of drug-likeness (QED) is 0.251. The maximum Gasteiger partial charge on any atom is 0.119 e. The number of rotatable bonds is 3. The van der Waals surface area contributed by atoms with Crippen molar-refractivity contribution < 1.29 is 4.74 Å². The average Bonchev–Trinajstić information content (AvgIpc) is 3.13. The molecule has 1 aliphatic rings. The van der Waals surface area contributed by atoms with E-state index in [9.17, 15) is 0 Å². The van der Waals surface area contributed by atoms with Crippen LogP contribution in [0.25, 0.3) is 21.9 Å². The average molecular weight is 477 g/mol. The van der Waals surface area contributed by atoms with E-state index in [0.717, 1.165) is 10.2 Å². The van der Waals surface area contributed by atoms with E-state index >= 15 is 0 Å². The van der Waals surface area contributed by atoms with E-state index in [1.807, 2.05) is 0 Å². The Morgan fingerprint density at radius 2 is 1.25 bits per heavy atom. The number of ether oxygens (including phenoxy) is 1. The number of methoxy groups -OCH3 is 1. The number of fused-ring (bicyclic) bond motifs is 4. The molecule has 0 amide bonds. The lowest BCUT2D eigenvalue weighted by molar-refractivity contribution is 0.414. The Hall–Kier alpha value is -3.36. The van der Waals surface area contributed by atoms with E-state index in [0.29, 0.717) is 0 Å². The second-order valence-corrected chi connectivity index (χ2v) is 9.20. The minimum absolute atomic E-state index is 0.418. The van der Waals surface area contributed by atoms with Crippen LogP contribution in [0.1, 0.15) is 22.3 Å². The van der Waals surface area contributed by atoms with Crippen LogP contribution in [0.15, 0.2) is 114 Å². The van der Waals surface area contributed by atoms with Gasteiger partial charge in [-0.05, 0) is 80.6 Å². The number of benzene rings is 5. The molecule has 154 valence electrons. The molecule has 0 fully saturated rings. The van der Waals surface area contributed by atoms with E-state index in [-0.39, 0.29) is 0 Å². The topological polar surface area (TPSA) is 9.23 Å². The molecule has 5 aromatic carbocycles. The van der Waals surface area contributed by atoms with Gasteiger partial charge in [0.05, 0.1) is 12.5 Å². The van der Waals surface area contributed by atoms with E-state index in [2.05, 4.69) is 125 Å². The van der Waals surface area contributed by atoms with Crippen LogP contribution in [0.3, 0.4) is 0 Å². The number of hydrogen-bond donors (Lipinski definition) is 0. The summed E-state index contributed by atoms with van der Waals surface area (Å²) in [4.78, 5) is 0. The van der Waals surface area contributed by atoms with Crippen LogP contribution in [0.2, 0.25) is 0 Å². The SMILES string of the molecule is COc1ccc2c(c1)C(c1ccccc1)(c1ccccc1)c1cc3cc(Br)ccc3cc1-2. The van der Waals surface area contributed by atoms with Gasteiger partial charge in [-0.2, -0.15) is 0 Å². The first-order valence-corrected chi connectivity index (χ1v) is 11.5. The molecule has 1 aliphatic carbocycles. The molecule has 0 heterocycles. The van der Waals surface area contributed by atoms with E-state index in [4.69, 9.17) is 4.74 Å². The van der Waals surface area contributed by atoms with E-state index < -0.39 is 5.41 Å². The van der Waals surface area contributed by atoms with Gasteiger partial charge in [0.2, 0.25) is 0 Å². The van der Waals surface area contributed by atoms with Crippen LogP contribution in [0.4, 0.5) is 0 Å². The van der Waals surface area contributed by atoms with Crippen molar-refractivity contribution in [2.45, 2.75) is 5.41 Å². The van der Waals surface area contributed by atoms with Gasteiger partial charge in [0, 0.05) is 4.47 Å². The second kappa shape index (κ2) is 7.36. The van der Waals surface area contributed by atoms with E-state index in [1.165, 1.54) is 44.2 Å². The molecule has 0 aromatic heterocycles. The largest absolute Gasteiger partial charge is 0.497 e. The smallest absolute Gasteiger partial charge is 0.119 e. The molecule has 0 saturated carbocycles. The zero-order valence-electron chi connectivity index (χ0n) is 17.7. The van der Waals surface area contributed by atoms with Crippen molar-refractivity contribution in [1.29, 1.82) is 0 Å². The van der Waals surface area contributed by atoms with Gasteiger partial charge in [0.1, 0.15) is 5.75 Å². The van der Waals surface area contributed by atoms with Crippen molar-refractivity contribution in [3.63, 3.8) is 0 Å². The molecule has 0 atom stereocenters. The Kier molecular flexibility index (Phi) is 4.44. The van der Waals surface area contributed by atoms with Crippen molar-refractivity contribution in [3.05, 3.63) is 136 Å². The lowest BCUT2D eigenvalue weighted by Gasteiger charge is -2.34. The summed E-state index contributed by atoms with van der Waals surface area (Å²) in [6, 6.07) is 39.4. The highest BCUT2D eigenvalue weighted by atomic mass is 79.9. The fourth-order valence-corrected chi connectivity index (χ4v) is 5.69. The first-order valence-electron chi connectivity index (χ1n) is 10.8. The minimum atomic E-state index is -0.418. The number of hydrogen-bond acceptors (Lipinski definition) is 1. The third kappa shape index (κ3) is 2.69. The molecule has 0 N–H and O–H groups in total. The lowest BCUT2D eigenvalue weighted by atomic mass is 9.67. The summed E-state index contributed by atoms with van der Waals surface area (Å²) in [5.41, 5.74) is 7.21. The van der Waals surface area contributed by atoms with Crippen molar-refractivity contribution in [2.24, 2.45) is 0 Å². The van der Waals surface area contributed by atoms with Crippen LogP contribution >= 0.6 is 15.9 Å². The van der Waals surface area contributed by atoms with Crippen LogP contribution in [0, 0.1) is 0 Å². The van der Waals surface area contributed by atoms with Gasteiger partial charge in [0.15, 0.2) is 0 Å². The van der Waals surface area contributed by atoms with Gasteiger partial charge in [-0.3, -0.25) is 0 Å². The Balaban J connectivity index is 1.82. The van der Waals surface area contributed by atoms with Crippen LogP contribution in [0.5, 0.6) is 5.75 Å². The standard InChI is InChI=1S/C30H21BrO/c1-32-25-14-15-26-27-17-20-12-13-24(31)16-21(20)18-28(27)30(29(26)19-25,22-8-4-2-5-9-22)23-10-6-3-7-11-23/h2-19H,1H3. The molecule has 0 radical (unpaired) electrons. The lowest BCUT2D eigenvalue weighted by Crippen LogP contribution is -2.28. The van der Waals surface area contributed by atoms with Gasteiger partial charge >= 0.3 is 0 Å². The number of halogens is 1. The van der Waals surface area contributed by atoms with Gasteiger partial charge in [-0.15, -0.1) is 0 Å². The molecule has 5 aromatic rings. The summed E-state index contributed by atoms with van der Waals surface area (Å²) in [7, 11) is 1.74. The molecular weight excluding hydrogens is 456 g/mol. The predicted octanol–water partition coefficient (Wildman–Crippen LogP) is 7.97. The van der Waals surface area contributed by atoms with Crippen molar-refractivity contribution in [3.8, 4) is 16.9 Å². The molecule has 0 saturated heterocycles. The maximum absolute atomic E-state index is 5.69. The highest BCUT2D eigenvalue weighted by Gasteiger charge is 2.46. The summed E-state index contributed by atoms with van der Waals surface area (Å²) >= 11 is 3.66. The Bertz CT molecular complexity index is 1420. The predicted molar refractivity (Wildman–Crippen MR) is 136 cm³/mol. The first-order chi connectivity index (χ1) is 15.7. The molecule has 1 nitrogen and oxygen atoms in total. The van der Waals surface area contributed by atoms with Crippen molar-refractivity contribution >= 4 is 26.7 Å². The first kappa shape index (κ1) is 19.3. The fraction of sp³-hybridized carbons (Fsp3) is 0.0667. The summed E-state index contributed by atoms with van der Waals surface area (Å²) < 4.78 is 6.78. The van der Waals surface area contributed by atoms with Gasteiger partial charge in [-0.25, -0.2) is 0 Å². The van der Waals surface area contributed by atoms with Crippen LogP contribution in [-0.2, 0) is 5.41 Å². The monoisotopic (exact) mass is 476 g/mol. The molecule has 0 aliphatic heterocycles. The third-order valence-corrected chi connectivity index (χ3v) is 7.17. The van der Waals surface area contributed by atoms with Gasteiger partial charge < -0.3 is 4.74 Å². The second-order valence-electron chi connectivity index (χ2n) is 8.28. The Morgan fingerprint density at radius 3 is 1.91 bits per heavy atom. The molecule has 6 rings (SSSR count). The van der Waals surface area contributed by atoms with Crippen LogP contribution in [-0.4, -0.2) is 7.11 Å². The normalized spacial score (nSPS) is 13.6. The van der Waals surface area contributed by atoms with E-state index in [1.54, 1.807) is 7.11 Å². The summed E-state index contributed by atoms with van der Waals surface area (Å²) in [5.74, 6) is 0.875. The van der Waals surface area contributed by atoms with Crippen LogP contribution < -0.4 is 4.74 Å². The summed E-state index contributed by atoms with van der Waals surface area (Å²) in [6.45, 7) is 0. The fourth-order valence-electron chi connectivity index (χ4n) is 5.31.